The first-order chi connectivity index (χ1) is 15.0. The van der Waals surface area contributed by atoms with Gasteiger partial charge in [0.2, 0.25) is 0 Å². The van der Waals surface area contributed by atoms with Gasteiger partial charge in [-0.15, -0.1) is 4.07 Å². The second kappa shape index (κ2) is 7.65. The second-order valence-corrected chi connectivity index (χ2v) is 11.7. The van der Waals surface area contributed by atoms with Crippen LogP contribution in [0.5, 0.6) is 0 Å². The molecule has 0 aliphatic rings. The van der Waals surface area contributed by atoms with Crippen LogP contribution in [0.15, 0.2) is 81.3 Å². The predicted octanol–water partition coefficient (Wildman–Crippen LogP) is 2.25. The van der Waals surface area contributed by atoms with Crippen molar-refractivity contribution in [1.82, 2.24) is 4.07 Å². The third-order valence-electron chi connectivity index (χ3n) is 4.64. The molecule has 12 heteroatoms. The highest BCUT2D eigenvalue weighted by Crippen LogP contribution is 2.27. The first-order valence-corrected chi connectivity index (χ1v) is 12.8. The van der Waals surface area contributed by atoms with Crippen molar-refractivity contribution < 1.29 is 16.8 Å². The van der Waals surface area contributed by atoms with E-state index in [0.29, 0.717) is 31.7 Å². The van der Waals surface area contributed by atoms with E-state index in [2.05, 4.69) is 0 Å². The Morgan fingerprint density at radius 1 is 0.781 bits per heavy atom. The van der Waals surface area contributed by atoms with Gasteiger partial charge in [-0.3, -0.25) is 4.79 Å². The number of hydrogen-bond donors (Lipinski definition) is 2. The number of nitrogen functional groups attached to an aromatic ring is 2. The maximum atomic E-state index is 13.6. The highest BCUT2D eigenvalue weighted by Gasteiger charge is 2.39. The molecule has 1 aromatic heterocycles. The van der Waals surface area contributed by atoms with Crippen LogP contribution in [0.2, 0.25) is 0 Å². The lowest BCUT2D eigenvalue weighted by Gasteiger charge is -2.23. The molecule has 0 atom stereocenters. The van der Waals surface area contributed by atoms with Gasteiger partial charge in [0.05, 0.1) is 19.9 Å². The van der Waals surface area contributed by atoms with Crippen molar-refractivity contribution in [2.75, 3.05) is 15.3 Å². The fraction of sp³-hybridized carbons (Fsp3) is 0.0500. The summed E-state index contributed by atoms with van der Waals surface area (Å²) in [5.74, 6) is 0. The van der Waals surface area contributed by atoms with Crippen molar-refractivity contribution in [3.05, 3.63) is 82.6 Å². The fourth-order valence-corrected chi connectivity index (χ4v) is 7.96. The first-order valence-electron chi connectivity index (χ1n) is 9.16. The van der Waals surface area contributed by atoms with Gasteiger partial charge in [-0.25, -0.2) is 0 Å². The summed E-state index contributed by atoms with van der Waals surface area (Å²) < 4.78 is 55.4. The number of nitrogens with two attached hydrogens (primary N) is 2. The SMILES string of the molecule is Cc1ccc2sn(N(S(=O)(=O)c3ccc(N)cc3)S(=O)(=O)c3ccc(N)cc3)c(=O)c2c1. The van der Waals surface area contributed by atoms with Crippen molar-refractivity contribution in [3.8, 4) is 0 Å². The van der Waals surface area contributed by atoms with E-state index in [4.69, 9.17) is 11.5 Å². The summed E-state index contributed by atoms with van der Waals surface area (Å²) in [5, 5.41) is 0.208. The van der Waals surface area contributed by atoms with Crippen LogP contribution in [-0.2, 0) is 20.0 Å². The van der Waals surface area contributed by atoms with E-state index in [-0.39, 0.29) is 19.0 Å². The van der Waals surface area contributed by atoms with E-state index in [0.717, 1.165) is 5.56 Å². The Hall–Kier alpha value is -3.35. The Morgan fingerprint density at radius 2 is 1.25 bits per heavy atom. The largest absolute Gasteiger partial charge is 0.399 e. The standard InChI is InChI=1S/C20H18N4O5S3/c1-13-2-11-19-18(12-13)20(25)23(30-19)24(31(26,27)16-7-3-14(21)4-8-16)32(28,29)17-9-5-15(22)6-10-17/h2-12H,21-22H2,1H3. The van der Waals surface area contributed by atoms with E-state index >= 15 is 0 Å². The molecule has 0 radical (unpaired) electrons. The Bertz CT molecular complexity index is 1510. The minimum absolute atomic E-state index is 0.124. The molecule has 32 heavy (non-hydrogen) atoms. The number of aryl methyl sites for hydroxylation is 1. The van der Waals surface area contributed by atoms with Crippen LogP contribution in [0.25, 0.3) is 10.1 Å². The molecule has 0 bridgehead atoms. The number of aromatic nitrogens is 1. The molecule has 166 valence electrons. The lowest BCUT2D eigenvalue weighted by molar-refractivity contribution is 0.570. The zero-order valence-corrected chi connectivity index (χ0v) is 19.1. The van der Waals surface area contributed by atoms with E-state index in [1.807, 2.05) is 0 Å². The zero-order chi connectivity index (χ0) is 23.3. The maximum Gasteiger partial charge on any atom is 0.292 e. The summed E-state index contributed by atoms with van der Waals surface area (Å²) in [6.45, 7) is 1.77. The fourth-order valence-electron chi connectivity index (χ4n) is 3.02. The first kappa shape index (κ1) is 21.9. The minimum atomic E-state index is -4.74. The lowest BCUT2D eigenvalue weighted by atomic mass is 10.2. The number of nitrogens with zero attached hydrogens (tertiary/aromatic N) is 2. The molecule has 1 heterocycles. The quantitative estimate of drug-likeness (QED) is 0.408. The molecule has 0 unspecified atom stereocenters. The van der Waals surface area contributed by atoms with Crippen molar-refractivity contribution in [2.24, 2.45) is 0 Å². The highest BCUT2D eigenvalue weighted by atomic mass is 32.3. The van der Waals surface area contributed by atoms with Gasteiger partial charge in [-0.05, 0) is 79.1 Å². The number of fused-ring (bicyclic) bond motifs is 1. The molecule has 3 aromatic carbocycles. The zero-order valence-electron chi connectivity index (χ0n) is 16.7. The number of rotatable bonds is 5. The monoisotopic (exact) mass is 490 g/mol. The molecule has 0 aliphatic carbocycles. The predicted molar refractivity (Wildman–Crippen MR) is 125 cm³/mol. The molecule has 0 aliphatic heterocycles. The highest BCUT2D eigenvalue weighted by molar-refractivity contribution is 8.09. The summed E-state index contributed by atoms with van der Waals surface area (Å²) in [4.78, 5) is 12.5. The third kappa shape index (κ3) is 3.61. The molecule has 9 nitrogen and oxygen atoms in total. The van der Waals surface area contributed by atoms with Crippen molar-refractivity contribution in [3.63, 3.8) is 0 Å². The second-order valence-electron chi connectivity index (χ2n) is 7.00. The normalized spacial score (nSPS) is 12.2. The van der Waals surface area contributed by atoms with Crippen LogP contribution in [0, 0.1) is 6.92 Å². The van der Waals surface area contributed by atoms with Gasteiger partial charge >= 0.3 is 0 Å². The topological polar surface area (TPSA) is 146 Å². The van der Waals surface area contributed by atoms with Crippen molar-refractivity contribution in [1.29, 1.82) is 0 Å². The molecular formula is C20H18N4O5S3. The van der Waals surface area contributed by atoms with Crippen molar-refractivity contribution >= 4 is 53.0 Å². The minimum Gasteiger partial charge on any atom is -0.399 e. The van der Waals surface area contributed by atoms with E-state index in [1.54, 1.807) is 25.1 Å². The van der Waals surface area contributed by atoms with Crippen LogP contribution in [0.3, 0.4) is 0 Å². The molecule has 0 saturated heterocycles. The number of anilines is 2. The summed E-state index contributed by atoms with van der Waals surface area (Å²) in [7, 11) is -9.47. The molecular weight excluding hydrogens is 472 g/mol. The Morgan fingerprint density at radius 3 is 1.72 bits per heavy atom. The lowest BCUT2D eigenvalue weighted by Crippen LogP contribution is -2.48. The van der Waals surface area contributed by atoms with Crippen LogP contribution >= 0.6 is 11.5 Å². The summed E-state index contributed by atoms with van der Waals surface area (Å²) in [6, 6.07) is 15.0. The molecule has 4 N–H and O–H groups in total. The van der Waals surface area contributed by atoms with E-state index in [1.165, 1.54) is 48.5 Å². The number of hydrogen-bond acceptors (Lipinski definition) is 8. The molecule has 4 aromatic rings. The summed E-state index contributed by atoms with van der Waals surface area (Å²) in [5.41, 5.74) is 11.9. The van der Waals surface area contributed by atoms with Crippen LogP contribution in [0.4, 0.5) is 11.4 Å². The van der Waals surface area contributed by atoms with Gasteiger partial charge < -0.3 is 11.5 Å². The summed E-state index contributed by atoms with van der Waals surface area (Å²) in [6.07, 6.45) is 0. The van der Waals surface area contributed by atoms with Crippen LogP contribution in [0.1, 0.15) is 5.56 Å². The Balaban J connectivity index is 2.04. The smallest absolute Gasteiger partial charge is 0.292 e. The van der Waals surface area contributed by atoms with Crippen LogP contribution in [-0.4, -0.2) is 20.9 Å². The molecule has 0 spiro atoms. The average molecular weight is 491 g/mol. The van der Waals surface area contributed by atoms with Gasteiger partial charge in [-0.2, -0.15) is 16.8 Å². The molecule has 0 saturated carbocycles. The third-order valence-corrected chi connectivity index (χ3v) is 9.96. The molecule has 0 amide bonds. The van der Waals surface area contributed by atoms with E-state index < -0.39 is 25.6 Å². The molecule has 4 rings (SSSR count). The van der Waals surface area contributed by atoms with Gasteiger partial charge in [0, 0.05) is 11.4 Å². The Labute approximate surface area is 188 Å². The van der Waals surface area contributed by atoms with E-state index in [9.17, 15) is 21.6 Å². The van der Waals surface area contributed by atoms with Crippen LogP contribution < -0.4 is 20.8 Å². The van der Waals surface area contributed by atoms with Gasteiger partial charge in [0.15, 0.2) is 0 Å². The van der Waals surface area contributed by atoms with Crippen molar-refractivity contribution in [2.45, 2.75) is 16.7 Å². The van der Waals surface area contributed by atoms with Gasteiger partial charge in [0.1, 0.15) is 0 Å². The maximum absolute atomic E-state index is 13.6. The number of benzene rings is 3. The number of sulfonamides is 2. The molecule has 0 fully saturated rings. The Kier molecular flexibility index (Phi) is 5.23. The average Bonchev–Trinajstić information content (AvgIpc) is 3.04. The summed E-state index contributed by atoms with van der Waals surface area (Å²) >= 11 is 0.712. The van der Waals surface area contributed by atoms with Gasteiger partial charge in [-0.1, -0.05) is 15.4 Å². The van der Waals surface area contributed by atoms with Gasteiger partial charge in [0.25, 0.3) is 25.6 Å².